The number of thioether (sulfide) groups is 1. The maximum atomic E-state index is 11.1. The lowest BCUT2D eigenvalue weighted by molar-refractivity contribution is -0.143. The van der Waals surface area contributed by atoms with Crippen LogP contribution < -0.4 is 0 Å². The molecule has 0 amide bonds. The van der Waals surface area contributed by atoms with Gasteiger partial charge in [0.1, 0.15) is 0 Å². The summed E-state index contributed by atoms with van der Waals surface area (Å²) in [7, 11) is 4.72. The second-order valence-corrected chi connectivity index (χ2v) is 4.35. The van der Waals surface area contributed by atoms with E-state index in [1.807, 2.05) is 6.92 Å². The van der Waals surface area contributed by atoms with Gasteiger partial charge in [-0.1, -0.05) is 6.92 Å². The first kappa shape index (κ1) is 14.7. The van der Waals surface area contributed by atoms with Crippen molar-refractivity contribution in [3.63, 3.8) is 0 Å². The molecule has 0 saturated heterocycles. The molecule has 0 aromatic carbocycles. The summed E-state index contributed by atoms with van der Waals surface area (Å²) in [5.41, 5.74) is 0. The van der Waals surface area contributed by atoms with Gasteiger partial charge in [-0.15, -0.1) is 0 Å². The molecule has 4 nitrogen and oxygen atoms in total. The number of carbonyl (C=O) groups is 1. The van der Waals surface area contributed by atoms with Crippen LogP contribution in [0.3, 0.4) is 0 Å². The summed E-state index contributed by atoms with van der Waals surface area (Å²) in [6.07, 6.45) is 0.0878. The Hall–Kier alpha value is -0.260. The van der Waals surface area contributed by atoms with Crippen molar-refractivity contribution < 1.29 is 19.0 Å². The quantitative estimate of drug-likeness (QED) is 0.592. The maximum Gasteiger partial charge on any atom is 0.309 e. The van der Waals surface area contributed by atoms with Crippen LogP contribution in [0.2, 0.25) is 0 Å². The Kier molecular flexibility index (Phi) is 8.85. The summed E-state index contributed by atoms with van der Waals surface area (Å²) < 4.78 is 14.8. The van der Waals surface area contributed by atoms with E-state index >= 15 is 0 Å². The molecule has 0 fully saturated rings. The van der Waals surface area contributed by atoms with Crippen LogP contribution in [-0.4, -0.2) is 51.5 Å². The van der Waals surface area contributed by atoms with Crippen molar-refractivity contribution >= 4 is 17.7 Å². The molecule has 0 saturated carbocycles. The molecule has 0 spiro atoms. The number of esters is 1. The van der Waals surface area contributed by atoms with E-state index in [0.717, 1.165) is 11.5 Å². The van der Waals surface area contributed by atoms with E-state index < -0.39 is 0 Å². The Labute approximate surface area is 95.6 Å². The zero-order chi connectivity index (χ0) is 11.7. The van der Waals surface area contributed by atoms with Crippen molar-refractivity contribution in [3.05, 3.63) is 0 Å². The molecule has 0 heterocycles. The van der Waals surface area contributed by atoms with Crippen LogP contribution in [0.15, 0.2) is 0 Å². The van der Waals surface area contributed by atoms with Gasteiger partial charge in [0, 0.05) is 25.7 Å². The first-order valence-electron chi connectivity index (χ1n) is 4.83. The first-order valence-corrected chi connectivity index (χ1v) is 5.98. The molecule has 2 unspecified atom stereocenters. The van der Waals surface area contributed by atoms with Crippen molar-refractivity contribution in [3.8, 4) is 0 Å². The summed E-state index contributed by atoms with van der Waals surface area (Å²) in [5.74, 6) is 1.34. The van der Waals surface area contributed by atoms with Gasteiger partial charge in [0.05, 0.1) is 25.7 Å². The molecule has 0 aromatic heterocycles. The normalized spacial score (nSPS) is 14.7. The average molecular weight is 236 g/mol. The van der Waals surface area contributed by atoms with Gasteiger partial charge in [-0.3, -0.25) is 4.79 Å². The number of hydrogen-bond acceptors (Lipinski definition) is 5. The van der Waals surface area contributed by atoms with Crippen LogP contribution in [0.1, 0.15) is 6.92 Å². The summed E-state index contributed by atoms with van der Waals surface area (Å²) in [5, 5.41) is 0. The van der Waals surface area contributed by atoms with E-state index in [4.69, 9.17) is 9.47 Å². The molecule has 0 aromatic rings. The van der Waals surface area contributed by atoms with E-state index in [1.54, 1.807) is 26.0 Å². The topological polar surface area (TPSA) is 44.8 Å². The Morgan fingerprint density at radius 1 is 1.27 bits per heavy atom. The smallest absolute Gasteiger partial charge is 0.309 e. The largest absolute Gasteiger partial charge is 0.469 e. The number of ether oxygens (including phenoxy) is 3. The second-order valence-electron chi connectivity index (χ2n) is 3.27. The molecule has 0 aliphatic heterocycles. The standard InChI is InChI=1S/C10H20O4S/c1-8(10(11)14-4)6-15-7-9(13-3)5-12-2/h8-9H,5-7H2,1-4H3. The van der Waals surface area contributed by atoms with Gasteiger partial charge < -0.3 is 14.2 Å². The van der Waals surface area contributed by atoms with Crippen molar-refractivity contribution in [1.29, 1.82) is 0 Å². The van der Waals surface area contributed by atoms with Crippen LogP contribution in [0.5, 0.6) is 0 Å². The molecule has 0 aliphatic carbocycles. The molecule has 0 radical (unpaired) electrons. The van der Waals surface area contributed by atoms with E-state index in [9.17, 15) is 4.79 Å². The summed E-state index contributed by atoms with van der Waals surface area (Å²) in [4.78, 5) is 11.1. The molecular weight excluding hydrogens is 216 g/mol. The Bertz CT molecular complexity index is 175. The van der Waals surface area contributed by atoms with E-state index in [-0.39, 0.29) is 18.0 Å². The molecule has 0 bridgehead atoms. The van der Waals surface area contributed by atoms with Crippen molar-refractivity contribution in [2.45, 2.75) is 13.0 Å². The Morgan fingerprint density at radius 3 is 2.40 bits per heavy atom. The SMILES string of the molecule is COCC(CSCC(C)C(=O)OC)OC. The van der Waals surface area contributed by atoms with E-state index in [1.165, 1.54) is 7.11 Å². The minimum Gasteiger partial charge on any atom is -0.469 e. The molecule has 90 valence electrons. The highest BCUT2D eigenvalue weighted by Crippen LogP contribution is 2.12. The molecule has 5 heteroatoms. The second kappa shape index (κ2) is 9.00. The van der Waals surface area contributed by atoms with Gasteiger partial charge in [0.2, 0.25) is 0 Å². The Balaban J connectivity index is 3.62. The third-order valence-corrected chi connectivity index (χ3v) is 3.30. The molecule has 0 aliphatic rings. The van der Waals surface area contributed by atoms with Crippen LogP contribution in [-0.2, 0) is 19.0 Å². The lowest BCUT2D eigenvalue weighted by Crippen LogP contribution is -2.22. The number of hydrogen-bond donors (Lipinski definition) is 0. The third kappa shape index (κ3) is 6.76. The van der Waals surface area contributed by atoms with Gasteiger partial charge in [0.25, 0.3) is 0 Å². The lowest BCUT2D eigenvalue weighted by atomic mass is 10.2. The predicted octanol–water partition coefficient (Wildman–Crippen LogP) is 1.19. The van der Waals surface area contributed by atoms with Crippen molar-refractivity contribution in [2.24, 2.45) is 5.92 Å². The average Bonchev–Trinajstić information content (AvgIpc) is 2.26. The Morgan fingerprint density at radius 2 is 1.93 bits per heavy atom. The predicted molar refractivity (Wildman–Crippen MR) is 61.2 cm³/mol. The first-order chi connectivity index (χ1) is 7.15. The van der Waals surface area contributed by atoms with Crippen LogP contribution in [0.25, 0.3) is 0 Å². The van der Waals surface area contributed by atoms with Gasteiger partial charge in [-0.05, 0) is 0 Å². The lowest BCUT2D eigenvalue weighted by Gasteiger charge is -2.14. The summed E-state index contributed by atoms with van der Waals surface area (Å²) in [6.45, 7) is 2.44. The van der Waals surface area contributed by atoms with Gasteiger partial charge in [-0.25, -0.2) is 0 Å². The third-order valence-electron chi connectivity index (χ3n) is 1.96. The fourth-order valence-corrected chi connectivity index (χ4v) is 2.14. The van der Waals surface area contributed by atoms with Crippen LogP contribution in [0.4, 0.5) is 0 Å². The highest BCUT2D eigenvalue weighted by Gasteiger charge is 2.14. The van der Waals surface area contributed by atoms with Crippen LogP contribution in [0, 0.1) is 5.92 Å². The molecular formula is C10H20O4S. The van der Waals surface area contributed by atoms with Crippen LogP contribution >= 0.6 is 11.8 Å². The molecule has 2 atom stereocenters. The number of rotatable bonds is 8. The molecule has 15 heavy (non-hydrogen) atoms. The zero-order valence-electron chi connectivity index (χ0n) is 9.82. The molecule has 0 rings (SSSR count). The van der Waals surface area contributed by atoms with E-state index in [2.05, 4.69) is 4.74 Å². The number of carbonyl (C=O) groups excluding carboxylic acids is 1. The monoisotopic (exact) mass is 236 g/mol. The van der Waals surface area contributed by atoms with Crippen molar-refractivity contribution in [1.82, 2.24) is 0 Å². The van der Waals surface area contributed by atoms with Crippen molar-refractivity contribution in [2.75, 3.05) is 39.4 Å². The van der Waals surface area contributed by atoms with Gasteiger partial charge >= 0.3 is 5.97 Å². The summed E-state index contributed by atoms with van der Waals surface area (Å²) >= 11 is 1.67. The minimum absolute atomic E-state index is 0.0694. The minimum atomic E-state index is -0.164. The highest BCUT2D eigenvalue weighted by atomic mass is 32.2. The fraction of sp³-hybridized carbons (Fsp3) is 0.900. The fourth-order valence-electron chi connectivity index (χ4n) is 1.02. The number of methoxy groups -OCH3 is 3. The van der Waals surface area contributed by atoms with Gasteiger partial charge in [-0.2, -0.15) is 11.8 Å². The molecule has 0 N–H and O–H groups in total. The maximum absolute atomic E-state index is 11.1. The van der Waals surface area contributed by atoms with Gasteiger partial charge in [0.15, 0.2) is 0 Å². The zero-order valence-corrected chi connectivity index (χ0v) is 10.6. The van der Waals surface area contributed by atoms with E-state index in [0.29, 0.717) is 6.61 Å². The highest BCUT2D eigenvalue weighted by molar-refractivity contribution is 7.99. The summed E-state index contributed by atoms with van der Waals surface area (Å²) in [6, 6.07) is 0.